The van der Waals surface area contributed by atoms with Crippen molar-refractivity contribution in [3.05, 3.63) is 83.9 Å². The molecular weight excluding hydrogens is 440 g/mol. The molecule has 7 nitrogen and oxygen atoms in total. The second kappa shape index (κ2) is 9.54. The number of carbonyl (C=O) groups excluding carboxylic acids is 1. The van der Waals surface area contributed by atoms with Crippen molar-refractivity contribution in [1.29, 1.82) is 0 Å². The van der Waals surface area contributed by atoms with Gasteiger partial charge in [-0.3, -0.25) is 9.10 Å². The van der Waals surface area contributed by atoms with Gasteiger partial charge in [-0.05, 0) is 53.9 Å². The molecule has 8 heteroatoms. The van der Waals surface area contributed by atoms with Gasteiger partial charge in [0.25, 0.3) is 10.0 Å². The van der Waals surface area contributed by atoms with Crippen LogP contribution in [0.2, 0.25) is 0 Å². The first-order chi connectivity index (χ1) is 15.9. The van der Waals surface area contributed by atoms with Gasteiger partial charge in [-0.2, -0.15) is 0 Å². The van der Waals surface area contributed by atoms with Crippen molar-refractivity contribution < 1.29 is 22.7 Å². The highest BCUT2D eigenvalue weighted by Gasteiger charge is 2.30. The zero-order valence-corrected chi connectivity index (χ0v) is 19.4. The zero-order chi connectivity index (χ0) is 23.4. The molecule has 0 aromatic heterocycles. The highest BCUT2D eigenvalue weighted by atomic mass is 32.2. The van der Waals surface area contributed by atoms with E-state index in [1.165, 1.54) is 16.4 Å². The number of anilines is 1. The third kappa shape index (κ3) is 4.66. The number of amides is 1. The molecule has 0 aliphatic carbocycles. The van der Waals surface area contributed by atoms with Gasteiger partial charge in [-0.1, -0.05) is 36.4 Å². The highest BCUT2D eigenvalue weighted by molar-refractivity contribution is 7.92. The van der Waals surface area contributed by atoms with E-state index in [0.717, 1.165) is 11.1 Å². The Morgan fingerprint density at radius 2 is 1.48 bits per heavy atom. The van der Waals surface area contributed by atoms with Crippen LogP contribution in [0.4, 0.5) is 5.69 Å². The molecule has 3 aromatic rings. The molecule has 0 fully saturated rings. The average molecular weight is 467 g/mol. The molecule has 1 heterocycles. The zero-order valence-electron chi connectivity index (χ0n) is 18.6. The normalized spacial score (nSPS) is 13.2. The Labute approximate surface area is 194 Å². The van der Waals surface area contributed by atoms with Gasteiger partial charge in [0.05, 0.1) is 24.8 Å². The summed E-state index contributed by atoms with van der Waals surface area (Å²) in [6.45, 7) is 0.585. The molecule has 0 saturated carbocycles. The van der Waals surface area contributed by atoms with Gasteiger partial charge in [0, 0.05) is 13.1 Å². The summed E-state index contributed by atoms with van der Waals surface area (Å²) in [7, 11) is -0.756. The second-order valence-electron chi connectivity index (χ2n) is 7.70. The van der Waals surface area contributed by atoms with Crippen LogP contribution in [0.1, 0.15) is 11.1 Å². The molecule has 4 rings (SSSR count). The van der Waals surface area contributed by atoms with Crippen LogP contribution < -0.4 is 13.8 Å². The number of methoxy groups -OCH3 is 2. The third-order valence-corrected chi connectivity index (χ3v) is 7.51. The SMILES string of the molecule is COc1cc2c(cc1OC)CN(C(=O)CN(c1ccccc1)S(=O)(=O)c1ccccc1)CC2. The van der Waals surface area contributed by atoms with Gasteiger partial charge in [0.2, 0.25) is 5.91 Å². The number of benzene rings is 3. The molecule has 33 heavy (non-hydrogen) atoms. The Morgan fingerprint density at radius 1 is 0.909 bits per heavy atom. The summed E-state index contributed by atoms with van der Waals surface area (Å²) in [5.41, 5.74) is 2.50. The second-order valence-corrected chi connectivity index (χ2v) is 9.56. The smallest absolute Gasteiger partial charge is 0.264 e. The van der Waals surface area contributed by atoms with E-state index >= 15 is 0 Å². The number of nitrogens with zero attached hydrogens (tertiary/aromatic N) is 2. The lowest BCUT2D eigenvalue weighted by Crippen LogP contribution is -2.44. The van der Waals surface area contributed by atoms with Crippen LogP contribution in [-0.2, 0) is 27.8 Å². The topological polar surface area (TPSA) is 76.2 Å². The lowest BCUT2D eigenvalue weighted by molar-refractivity contribution is -0.130. The number of hydrogen-bond acceptors (Lipinski definition) is 5. The van der Waals surface area contributed by atoms with Gasteiger partial charge < -0.3 is 14.4 Å². The predicted molar refractivity (Wildman–Crippen MR) is 126 cm³/mol. The van der Waals surface area contributed by atoms with Crippen molar-refractivity contribution in [2.24, 2.45) is 0 Å². The number of rotatable bonds is 7. The van der Waals surface area contributed by atoms with Crippen LogP contribution in [0.5, 0.6) is 11.5 Å². The number of ether oxygens (including phenoxy) is 2. The van der Waals surface area contributed by atoms with Crippen LogP contribution in [0, 0.1) is 0 Å². The van der Waals surface area contributed by atoms with Crippen LogP contribution in [0.3, 0.4) is 0 Å². The first kappa shape index (κ1) is 22.7. The molecule has 0 saturated heterocycles. The lowest BCUT2D eigenvalue weighted by Gasteiger charge is -2.32. The first-order valence-corrected chi connectivity index (χ1v) is 12.0. The Kier molecular flexibility index (Phi) is 6.55. The van der Waals surface area contributed by atoms with E-state index < -0.39 is 10.0 Å². The first-order valence-electron chi connectivity index (χ1n) is 10.6. The molecule has 1 aliphatic heterocycles. The van der Waals surface area contributed by atoms with E-state index in [0.29, 0.717) is 36.7 Å². The number of hydrogen-bond donors (Lipinski definition) is 0. The summed E-state index contributed by atoms with van der Waals surface area (Å²) < 4.78 is 38.8. The predicted octanol–water partition coefficient (Wildman–Crippen LogP) is 3.48. The number of para-hydroxylation sites is 1. The fourth-order valence-electron chi connectivity index (χ4n) is 3.95. The number of fused-ring (bicyclic) bond motifs is 1. The van der Waals surface area contributed by atoms with Crippen molar-refractivity contribution in [2.45, 2.75) is 17.9 Å². The van der Waals surface area contributed by atoms with Crippen LogP contribution in [0.25, 0.3) is 0 Å². The molecule has 0 unspecified atom stereocenters. The molecule has 1 aliphatic rings. The molecule has 3 aromatic carbocycles. The molecule has 0 radical (unpaired) electrons. The van der Waals surface area contributed by atoms with E-state index in [2.05, 4.69) is 0 Å². The van der Waals surface area contributed by atoms with Crippen molar-refractivity contribution in [1.82, 2.24) is 4.90 Å². The quantitative estimate of drug-likeness (QED) is 0.533. The fraction of sp³-hybridized carbons (Fsp3) is 0.240. The van der Waals surface area contributed by atoms with E-state index in [1.54, 1.807) is 61.6 Å². The maximum absolute atomic E-state index is 13.4. The van der Waals surface area contributed by atoms with Gasteiger partial charge in [0.15, 0.2) is 11.5 Å². The van der Waals surface area contributed by atoms with E-state index in [4.69, 9.17) is 9.47 Å². The van der Waals surface area contributed by atoms with Gasteiger partial charge >= 0.3 is 0 Å². The van der Waals surface area contributed by atoms with E-state index in [1.807, 2.05) is 18.2 Å². The highest BCUT2D eigenvalue weighted by Crippen LogP contribution is 2.33. The van der Waals surface area contributed by atoms with Crippen molar-refractivity contribution in [3.8, 4) is 11.5 Å². The molecule has 1 amide bonds. The summed E-state index contributed by atoms with van der Waals surface area (Å²) >= 11 is 0. The number of sulfonamides is 1. The van der Waals surface area contributed by atoms with Crippen molar-refractivity contribution >= 4 is 21.6 Å². The molecule has 172 valence electrons. The monoisotopic (exact) mass is 466 g/mol. The maximum atomic E-state index is 13.4. The van der Waals surface area contributed by atoms with Gasteiger partial charge in [-0.15, -0.1) is 0 Å². The lowest BCUT2D eigenvalue weighted by atomic mass is 9.98. The molecule has 0 atom stereocenters. The fourth-order valence-corrected chi connectivity index (χ4v) is 5.38. The van der Waals surface area contributed by atoms with E-state index in [9.17, 15) is 13.2 Å². The summed E-state index contributed by atoms with van der Waals surface area (Å²) in [6.07, 6.45) is 0.651. The molecule has 0 bridgehead atoms. The van der Waals surface area contributed by atoms with Crippen LogP contribution >= 0.6 is 0 Å². The van der Waals surface area contributed by atoms with Gasteiger partial charge in [-0.25, -0.2) is 8.42 Å². The van der Waals surface area contributed by atoms with Crippen molar-refractivity contribution in [3.63, 3.8) is 0 Å². The Balaban J connectivity index is 1.61. The minimum absolute atomic E-state index is 0.141. The Morgan fingerprint density at radius 3 is 2.09 bits per heavy atom. The van der Waals surface area contributed by atoms with Gasteiger partial charge in [0.1, 0.15) is 6.54 Å². The number of carbonyl (C=O) groups is 1. The summed E-state index contributed by atoms with van der Waals surface area (Å²) in [6, 6.07) is 20.7. The largest absolute Gasteiger partial charge is 0.493 e. The van der Waals surface area contributed by atoms with E-state index in [-0.39, 0.29) is 17.3 Å². The Bertz CT molecular complexity index is 1230. The maximum Gasteiger partial charge on any atom is 0.264 e. The minimum Gasteiger partial charge on any atom is -0.493 e. The summed E-state index contributed by atoms with van der Waals surface area (Å²) in [5.74, 6) is 0.988. The third-order valence-electron chi connectivity index (χ3n) is 5.73. The van der Waals surface area contributed by atoms with Crippen LogP contribution in [-0.4, -0.2) is 46.5 Å². The standard InChI is InChI=1S/C25H26N2O5S/c1-31-23-15-19-13-14-26(17-20(19)16-24(23)32-2)25(28)18-27(21-9-5-3-6-10-21)33(29,30)22-11-7-4-8-12-22/h3-12,15-16H,13-14,17-18H2,1-2H3. The molecule has 0 spiro atoms. The summed E-state index contributed by atoms with van der Waals surface area (Å²) in [5, 5.41) is 0. The minimum atomic E-state index is -3.92. The Hall–Kier alpha value is -3.52. The van der Waals surface area contributed by atoms with Crippen LogP contribution in [0.15, 0.2) is 77.7 Å². The molecule has 0 N–H and O–H groups in total. The average Bonchev–Trinajstić information content (AvgIpc) is 2.86. The van der Waals surface area contributed by atoms with Crippen molar-refractivity contribution in [2.75, 3.05) is 31.6 Å². The summed E-state index contributed by atoms with van der Waals surface area (Å²) in [4.78, 5) is 15.1. The molecular formula is C25H26N2O5S.